The fourth-order valence-electron chi connectivity index (χ4n) is 2.79. The number of nitrogens with one attached hydrogen (secondary N) is 2. The van der Waals surface area contributed by atoms with Crippen LogP contribution in [0, 0.1) is 11.2 Å². The van der Waals surface area contributed by atoms with Gasteiger partial charge >= 0.3 is 5.97 Å². The number of nitrogens with zero attached hydrogens (tertiary/aromatic N) is 1. The summed E-state index contributed by atoms with van der Waals surface area (Å²) in [5.74, 6) is -1.09. The maximum atomic E-state index is 14.5. The van der Waals surface area contributed by atoms with Crippen LogP contribution in [-0.2, 0) is 9.53 Å². The average molecular weight is 412 g/mol. The first-order valence-electron chi connectivity index (χ1n) is 8.28. The number of halogens is 2. The minimum Gasteiger partial charge on any atom is -0.462 e. The molecule has 0 unspecified atom stereocenters. The Hall–Kier alpha value is -1.73. The number of hydrogen-bond donors (Lipinski definition) is 2. The maximum absolute atomic E-state index is 14.5. The molecule has 0 bridgehead atoms. The number of ether oxygens (including phenoxy) is 1. The Morgan fingerprint density at radius 2 is 2.16 bits per heavy atom. The predicted octanol–water partition coefficient (Wildman–Crippen LogP) is 3.20. The molecule has 2 N–H and O–H groups in total. The van der Waals surface area contributed by atoms with Gasteiger partial charge in [-0.3, -0.25) is 0 Å². The molecule has 0 spiro atoms. The number of piperidine rings is 1. The van der Waals surface area contributed by atoms with E-state index in [0.29, 0.717) is 10.2 Å². The molecule has 0 aromatic heterocycles. The first kappa shape index (κ1) is 19.6. The van der Waals surface area contributed by atoms with Gasteiger partial charge in [-0.25, -0.2) is 9.18 Å². The topological polar surface area (TPSA) is 65.4 Å². The van der Waals surface area contributed by atoms with Crippen molar-refractivity contribution in [2.75, 3.05) is 26.7 Å². The summed E-state index contributed by atoms with van der Waals surface area (Å²) < 4.78 is 20.2. The van der Waals surface area contributed by atoms with Crippen LogP contribution in [0.3, 0.4) is 0 Å². The van der Waals surface area contributed by atoms with Crippen molar-refractivity contribution in [1.82, 2.24) is 10.2 Å². The summed E-state index contributed by atoms with van der Waals surface area (Å²) in [4.78, 5) is 14.5. The Morgan fingerprint density at radius 3 is 2.72 bits per heavy atom. The van der Waals surface area contributed by atoms with E-state index >= 15 is 0 Å². The molecule has 1 fully saturated rings. The van der Waals surface area contributed by atoms with E-state index in [-0.39, 0.29) is 23.8 Å². The largest absolute Gasteiger partial charge is 0.462 e. The minimum absolute atomic E-state index is 0.0296. The number of esters is 1. The molecule has 0 amide bonds. The lowest BCUT2D eigenvalue weighted by atomic mass is 10.0. The van der Waals surface area contributed by atoms with E-state index in [1.54, 1.807) is 19.1 Å². The summed E-state index contributed by atoms with van der Waals surface area (Å²) >= 11 is 3.24. The predicted molar refractivity (Wildman–Crippen MR) is 100 cm³/mol. The average Bonchev–Trinajstić information content (AvgIpc) is 2.57. The molecule has 0 aliphatic carbocycles. The van der Waals surface area contributed by atoms with Crippen molar-refractivity contribution in [2.24, 2.45) is 0 Å². The van der Waals surface area contributed by atoms with Crippen molar-refractivity contribution in [2.45, 2.75) is 25.8 Å². The standard InChI is InChI=1S/C18H23BrFN3O2/c1-3-25-18(24)15(11-21)17(14-5-4-12(19)10-16(14)20)22-13-6-8-23(2)9-7-13/h4-5,10-11,13,21-22H,3,6-9H2,1-2H3/b17-15+,21-11?. The number of carbonyl (C=O) groups is 1. The Balaban J connectivity index is 2.43. The Morgan fingerprint density at radius 1 is 1.48 bits per heavy atom. The van der Waals surface area contributed by atoms with E-state index in [9.17, 15) is 9.18 Å². The number of carbonyl (C=O) groups excluding carboxylic acids is 1. The lowest BCUT2D eigenvalue weighted by Crippen LogP contribution is -2.40. The second-order valence-corrected chi connectivity index (χ2v) is 6.92. The Bertz CT molecular complexity index is 670. The monoisotopic (exact) mass is 411 g/mol. The smallest absolute Gasteiger partial charge is 0.341 e. The van der Waals surface area contributed by atoms with Crippen molar-refractivity contribution < 1.29 is 13.9 Å². The van der Waals surface area contributed by atoms with Crippen molar-refractivity contribution >= 4 is 33.8 Å². The van der Waals surface area contributed by atoms with Gasteiger partial charge in [0, 0.05) is 22.3 Å². The van der Waals surface area contributed by atoms with Gasteiger partial charge < -0.3 is 20.4 Å². The molecule has 1 heterocycles. The van der Waals surface area contributed by atoms with E-state index in [0.717, 1.165) is 32.1 Å². The molecule has 0 saturated carbocycles. The van der Waals surface area contributed by atoms with Gasteiger partial charge in [-0.15, -0.1) is 0 Å². The summed E-state index contributed by atoms with van der Waals surface area (Å²) in [6.45, 7) is 3.74. The minimum atomic E-state index is -0.629. The quantitative estimate of drug-likeness (QED) is 0.428. The SMILES string of the molecule is CCOC(=O)/C(C=N)=C(/NC1CCN(C)CC1)c1ccc(Br)cc1F. The fourth-order valence-corrected chi connectivity index (χ4v) is 3.13. The van der Waals surface area contributed by atoms with Gasteiger partial charge in [0.15, 0.2) is 0 Å². The van der Waals surface area contributed by atoms with Crippen LogP contribution in [0.4, 0.5) is 4.39 Å². The van der Waals surface area contributed by atoms with Crippen molar-refractivity contribution in [3.63, 3.8) is 0 Å². The van der Waals surface area contributed by atoms with Gasteiger partial charge in [0.25, 0.3) is 0 Å². The number of likely N-dealkylation sites (tertiary alicyclic amines) is 1. The first-order chi connectivity index (χ1) is 12.0. The third-order valence-corrected chi connectivity index (χ3v) is 4.67. The van der Waals surface area contributed by atoms with Crippen LogP contribution in [0.5, 0.6) is 0 Å². The van der Waals surface area contributed by atoms with Crippen LogP contribution in [0.25, 0.3) is 5.70 Å². The number of rotatable bonds is 6. The zero-order valence-electron chi connectivity index (χ0n) is 14.4. The van der Waals surface area contributed by atoms with Crippen LogP contribution in [0.15, 0.2) is 28.2 Å². The van der Waals surface area contributed by atoms with E-state index in [1.807, 2.05) is 0 Å². The second kappa shape index (κ2) is 9.10. The summed E-state index contributed by atoms with van der Waals surface area (Å²) in [7, 11) is 2.06. The normalized spacial score (nSPS) is 17.0. The van der Waals surface area contributed by atoms with Gasteiger partial charge in [-0.2, -0.15) is 0 Å². The lowest BCUT2D eigenvalue weighted by molar-refractivity contribution is -0.137. The molecule has 7 heteroatoms. The highest BCUT2D eigenvalue weighted by Gasteiger charge is 2.23. The zero-order chi connectivity index (χ0) is 18.4. The van der Waals surface area contributed by atoms with Gasteiger partial charge in [-0.05, 0) is 58.1 Å². The third kappa shape index (κ3) is 5.12. The van der Waals surface area contributed by atoms with Gasteiger partial charge in [-0.1, -0.05) is 15.9 Å². The third-order valence-electron chi connectivity index (χ3n) is 4.18. The molecular weight excluding hydrogens is 389 g/mol. The molecular formula is C18H23BrFN3O2. The molecule has 5 nitrogen and oxygen atoms in total. The molecule has 1 saturated heterocycles. The summed E-state index contributed by atoms with van der Waals surface area (Å²) in [5.41, 5.74) is 0.601. The molecule has 2 rings (SSSR count). The molecule has 1 aliphatic heterocycles. The van der Waals surface area contributed by atoms with E-state index < -0.39 is 11.8 Å². The molecule has 0 atom stereocenters. The molecule has 136 valence electrons. The van der Waals surface area contributed by atoms with Crippen LogP contribution in [0.2, 0.25) is 0 Å². The lowest BCUT2D eigenvalue weighted by Gasteiger charge is -2.31. The van der Waals surface area contributed by atoms with Gasteiger partial charge in [0.05, 0.1) is 12.3 Å². The molecule has 25 heavy (non-hydrogen) atoms. The van der Waals surface area contributed by atoms with E-state index in [2.05, 4.69) is 33.2 Å². The van der Waals surface area contributed by atoms with Crippen molar-refractivity contribution in [3.8, 4) is 0 Å². The van der Waals surface area contributed by atoms with Crippen LogP contribution in [-0.4, -0.2) is 49.9 Å². The highest BCUT2D eigenvalue weighted by molar-refractivity contribution is 9.10. The molecule has 1 aromatic carbocycles. The number of hydrogen-bond acceptors (Lipinski definition) is 5. The molecule has 1 aliphatic rings. The molecule has 1 aromatic rings. The Labute approximate surface area is 155 Å². The van der Waals surface area contributed by atoms with Crippen LogP contribution in [0.1, 0.15) is 25.3 Å². The first-order valence-corrected chi connectivity index (χ1v) is 9.08. The fraction of sp³-hybridized carbons (Fsp3) is 0.444. The van der Waals surface area contributed by atoms with E-state index in [4.69, 9.17) is 10.1 Å². The van der Waals surface area contributed by atoms with Crippen molar-refractivity contribution in [3.05, 3.63) is 39.6 Å². The maximum Gasteiger partial charge on any atom is 0.341 e. The van der Waals surface area contributed by atoms with E-state index in [1.165, 1.54) is 6.07 Å². The molecule has 0 radical (unpaired) electrons. The summed E-state index contributed by atoms with van der Waals surface area (Å²) in [6.07, 6.45) is 2.69. The highest BCUT2D eigenvalue weighted by Crippen LogP contribution is 2.25. The zero-order valence-corrected chi connectivity index (χ0v) is 16.0. The highest BCUT2D eigenvalue weighted by atomic mass is 79.9. The number of benzene rings is 1. The van der Waals surface area contributed by atoms with Crippen LogP contribution < -0.4 is 5.32 Å². The Kier molecular flexibility index (Phi) is 7.13. The van der Waals surface area contributed by atoms with Gasteiger partial charge in [0.2, 0.25) is 0 Å². The summed E-state index contributed by atoms with van der Waals surface area (Å²) in [5, 5.41) is 10.9. The second-order valence-electron chi connectivity index (χ2n) is 6.00. The van der Waals surface area contributed by atoms with Crippen molar-refractivity contribution in [1.29, 1.82) is 5.41 Å². The van der Waals surface area contributed by atoms with Gasteiger partial charge in [0.1, 0.15) is 11.4 Å². The van der Waals surface area contributed by atoms with Crippen LogP contribution >= 0.6 is 15.9 Å². The summed E-state index contributed by atoms with van der Waals surface area (Å²) in [6, 6.07) is 4.76.